The Morgan fingerprint density at radius 1 is 1.40 bits per heavy atom. The number of aliphatic imine (C=N–C) groups is 1. The van der Waals surface area contributed by atoms with Crippen LogP contribution in [0, 0.1) is 0 Å². The minimum atomic E-state index is -4.44. The number of thioether (sulfide) groups is 1. The summed E-state index contributed by atoms with van der Waals surface area (Å²) in [5, 5.41) is 7.19. The van der Waals surface area contributed by atoms with Crippen LogP contribution in [-0.2, 0) is 17.5 Å². The number of aromatic nitrogens is 1. The molecule has 0 saturated carbocycles. The van der Waals surface area contributed by atoms with Crippen molar-refractivity contribution in [3.63, 3.8) is 0 Å². The molecule has 0 bridgehead atoms. The van der Waals surface area contributed by atoms with Crippen molar-refractivity contribution in [1.82, 2.24) is 20.5 Å². The molecule has 0 fully saturated rings. The van der Waals surface area contributed by atoms with Gasteiger partial charge in [0.15, 0.2) is 11.7 Å². The molecule has 144 valence electrons. The largest absolute Gasteiger partial charge is 0.434 e. The number of guanidine groups is 1. The van der Waals surface area contributed by atoms with Crippen LogP contribution >= 0.6 is 47.1 Å². The predicted octanol–water partition coefficient (Wildman–Crippen LogP) is 2.27. The first kappa shape index (κ1) is 24.2. The van der Waals surface area contributed by atoms with Crippen LogP contribution in [0.15, 0.2) is 10.4 Å². The molecule has 0 atom stereocenters. The van der Waals surface area contributed by atoms with Gasteiger partial charge in [0.1, 0.15) is 11.6 Å². The monoisotopic (exact) mass is 511 g/mol. The van der Waals surface area contributed by atoms with Crippen LogP contribution in [0.4, 0.5) is 13.2 Å². The minimum Gasteiger partial charge on any atom is -0.356 e. The van der Waals surface area contributed by atoms with Crippen molar-refractivity contribution in [3.8, 4) is 0 Å². The van der Waals surface area contributed by atoms with Gasteiger partial charge in [0, 0.05) is 31.8 Å². The van der Waals surface area contributed by atoms with Gasteiger partial charge >= 0.3 is 6.18 Å². The molecule has 0 aromatic carbocycles. The summed E-state index contributed by atoms with van der Waals surface area (Å²) in [6.07, 6.45) is -2.49. The average molecular weight is 511 g/mol. The van der Waals surface area contributed by atoms with E-state index in [0.29, 0.717) is 17.5 Å². The molecular weight excluding hydrogens is 490 g/mol. The lowest BCUT2D eigenvalue weighted by atomic mass is 10.5. The van der Waals surface area contributed by atoms with E-state index in [1.54, 1.807) is 25.9 Å². The molecule has 0 unspecified atom stereocenters. The molecule has 12 heteroatoms. The first-order valence-electron chi connectivity index (χ1n) is 6.97. The van der Waals surface area contributed by atoms with Crippen molar-refractivity contribution in [1.29, 1.82) is 0 Å². The van der Waals surface area contributed by atoms with Crippen LogP contribution in [0.25, 0.3) is 0 Å². The SMILES string of the molecule is CSCCNC(=NCC(=O)N(C)C)NCc1nc(C(F)(F)F)cs1.I. The summed E-state index contributed by atoms with van der Waals surface area (Å²) in [6.45, 7) is 0.671. The molecule has 1 aromatic heterocycles. The second-order valence-electron chi connectivity index (χ2n) is 4.85. The Hall–Kier alpha value is -0.760. The van der Waals surface area contributed by atoms with Crippen LogP contribution in [0.5, 0.6) is 0 Å². The molecule has 0 aliphatic rings. The van der Waals surface area contributed by atoms with E-state index in [4.69, 9.17) is 0 Å². The van der Waals surface area contributed by atoms with Gasteiger partial charge in [-0.2, -0.15) is 24.9 Å². The number of nitrogens with one attached hydrogen (secondary N) is 2. The number of alkyl halides is 3. The van der Waals surface area contributed by atoms with Gasteiger partial charge in [0.25, 0.3) is 0 Å². The lowest BCUT2D eigenvalue weighted by molar-refractivity contribution is -0.140. The summed E-state index contributed by atoms with van der Waals surface area (Å²) < 4.78 is 37.6. The molecular formula is C13H21F3IN5OS2. The van der Waals surface area contributed by atoms with Crippen molar-refractivity contribution < 1.29 is 18.0 Å². The summed E-state index contributed by atoms with van der Waals surface area (Å²) in [5.41, 5.74) is -0.902. The highest BCUT2D eigenvalue weighted by Crippen LogP contribution is 2.29. The Balaban J connectivity index is 0.00000576. The Morgan fingerprint density at radius 3 is 2.60 bits per heavy atom. The van der Waals surface area contributed by atoms with Gasteiger partial charge in [-0.1, -0.05) is 0 Å². The first-order valence-corrected chi connectivity index (χ1v) is 9.24. The first-order chi connectivity index (χ1) is 11.2. The van der Waals surface area contributed by atoms with E-state index in [0.717, 1.165) is 22.5 Å². The molecule has 0 radical (unpaired) electrons. The number of thiazole rings is 1. The molecule has 25 heavy (non-hydrogen) atoms. The third-order valence-corrected chi connectivity index (χ3v) is 4.18. The van der Waals surface area contributed by atoms with Gasteiger partial charge in [-0.15, -0.1) is 35.3 Å². The van der Waals surface area contributed by atoms with E-state index < -0.39 is 11.9 Å². The standard InChI is InChI=1S/C13H20F3N5OS2.HI/c1-21(2)11(22)7-19-12(17-4-5-23-3)18-6-10-20-9(8-24-10)13(14,15)16;/h8H,4-7H2,1-3H3,(H2,17,18,19);1H. The van der Waals surface area contributed by atoms with Crippen molar-refractivity contribution in [3.05, 3.63) is 16.1 Å². The van der Waals surface area contributed by atoms with Crippen LogP contribution < -0.4 is 10.6 Å². The van der Waals surface area contributed by atoms with Gasteiger partial charge in [0.05, 0.1) is 6.54 Å². The van der Waals surface area contributed by atoms with Gasteiger partial charge < -0.3 is 15.5 Å². The molecule has 0 aliphatic carbocycles. The van der Waals surface area contributed by atoms with Crippen molar-refractivity contribution >= 4 is 58.9 Å². The molecule has 2 N–H and O–H groups in total. The van der Waals surface area contributed by atoms with Gasteiger partial charge in [0.2, 0.25) is 5.91 Å². The summed E-state index contributed by atoms with van der Waals surface area (Å²) >= 11 is 2.56. The second-order valence-corrected chi connectivity index (χ2v) is 6.78. The summed E-state index contributed by atoms with van der Waals surface area (Å²) in [7, 11) is 3.25. The van der Waals surface area contributed by atoms with Gasteiger partial charge in [-0.3, -0.25) is 4.79 Å². The Kier molecular flexibility index (Phi) is 11.4. The summed E-state index contributed by atoms with van der Waals surface area (Å²) in [6, 6.07) is 0. The van der Waals surface area contributed by atoms with E-state index in [9.17, 15) is 18.0 Å². The Bertz CT molecular complexity index is 566. The minimum absolute atomic E-state index is 0. The molecule has 0 saturated heterocycles. The zero-order chi connectivity index (χ0) is 18.2. The highest BCUT2D eigenvalue weighted by molar-refractivity contribution is 14.0. The van der Waals surface area contributed by atoms with Crippen LogP contribution in [0.3, 0.4) is 0 Å². The fraction of sp³-hybridized carbons (Fsp3) is 0.615. The number of carbonyl (C=O) groups excluding carboxylic acids is 1. The quantitative estimate of drug-likeness (QED) is 0.255. The molecule has 0 spiro atoms. The van der Waals surface area contributed by atoms with Crippen LogP contribution in [-0.4, -0.2) is 60.9 Å². The summed E-state index contributed by atoms with van der Waals surface area (Å²) in [5.74, 6) is 1.02. The molecule has 6 nitrogen and oxygen atoms in total. The number of likely N-dealkylation sites (N-methyl/N-ethyl adjacent to an activating group) is 1. The fourth-order valence-electron chi connectivity index (χ4n) is 1.42. The number of hydrogen-bond acceptors (Lipinski definition) is 5. The van der Waals surface area contributed by atoms with Gasteiger partial charge in [-0.05, 0) is 6.26 Å². The summed E-state index contributed by atoms with van der Waals surface area (Å²) in [4.78, 5) is 20.7. The van der Waals surface area contributed by atoms with Crippen molar-refractivity contribution in [2.24, 2.45) is 4.99 Å². The van der Waals surface area contributed by atoms with E-state index in [1.165, 1.54) is 4.90 Å². The third kappa shape index (κ3) is 9.49. The number of amides is 1. The highest BCUT2D eigenvalue weighted by Gasteiger charge is 2.33. The lowest BCUT2D eigenvalue weighted by Gasteiger charge is -2.12. The second kappa shape index (κ2) is 11.8. The van der Waals surface area contributed by atoms with E-state index in [1.807, 2.05) is 6.26 Å². The number of hydrogen-bond donors (Lipinski definition) is 2. The number of rotatable bonds is 7. The average Bonchev–Trinajstić information content (AvgIpc) is 2.98. The Morgan fingerprint density at radius 2 is 2.08 bits per heavy atom. The smallest absolute Gasteiger partial charge is 0.356 e. The maximum absolute atomic E-state index is 12.5. The van der Waals surface area contributed by atoms with Crippen molar-refractivity contribution in [2.75, 3.05) is 39.2 Å². The van der Waals surface area contributed by atoms with E-state index in [-0.39, 0.29) is 43.0 Å². The van der Waals surface area contributed by atoms with Crippen molar-refractivity contribution in [2.45, 2.75) is 12.7 Å². The normalized spacial score (nSPS) is 11.7. The number of nitrogens with zero attached hydrogens (tertiary/aromatic N) is 3. The number of carbonyl (C=O) groups is 1. The fourth-order valence-corrected chi connectivity index (χ4v) is 2.46. The van der Waals surface area contributed by atoms with Crippen LogP contribution in [0.2, 0.25) is 0 Å². The van der Waals surface area contributed by atoms with E-state index >= 15 is 0 Å². The molecule has 1 amide bonds. The van der Waals surface area contributed by atoms with Crippen LogP contribution in [0.1, 0.15) is 10.7 Å². The molecule has 1 aromatic rings. The maximum Gasteiger partial charge on any atom is 0.434 e. The van der Waals surface area contributed by atoms with Gasteiger partial charge in [-0.25, -0.2) is 9.98 Å². The topological polar surface area (TPSA) is 69.6 Å². The zero-order valence-corrected chi connectivity index (χ0v) is 18.0. The van der Waals surface area contributed by atoms with E-state index in [2.05, 4.69) is 20.6 Å². The molecule has 1 heterocycles. The highest BCUT2D eigenvalue weighted by atomic mass is 127. The number of halogens is 4. The molecule has 1 rings (SSSR count). The lowest BCUT2D eigenvalue weighted by Crippen LogP contribution is -2.39. The zero-order valence-electron chi connectivity index (χ0n) is 14.0. The molecule has 0 aliphatic heterocycles. The third-order valence-electron chi connectivity index (χ3n) is 2.72. The maximum atomic E-state index is 12.5. The Labute approximate surface area is 170 Å². The predicted molar refractivity (Wildman–Crippen MR) is 107 cm³/mol.